The number of fused-ring (bicyclic) bond motifs is 1. The molecule has 0 saturated carbocycles. The van der Waals surface area contributed by atoms with Crippen molar-refractivity contribution in [1.29, 1.82) is 0 Å². The van der Waals surface area contributed by atoms with E-state index in [1.165, 1.54) is 24.0 Å². The van der Waals surface area contributed by atoms with Crippen LogP contribution in [0.25, 0.3) is 5.69 Å². The summed E-state index contributed by atoms with van der Waals surface area (Å²) < 4.78 is 30.3. The van der Waals surface area contributed by atoms with Crippen LogP contribution in [0.15, 0.2) is 30.5 Å². The van der Waals surface area contributed by atoms with Crippen LogP contribution in [0.2, 0.25) is 0 Å². The third-order valence-electron chi connectivity index (χ3n) is 4.93. The van der Waals surface area contributed by atoms with Gasteiger partial charge in [0.15, 0.2) is 0 Å². The van der Waals surface area contributed by atoms with Crippen molar-refractivity contribution < 1.29 is 8.42 Å². The summed E-state index contributed by atoms with van der Waals surface area (Å²) in [6, 6.07) is 8.22. The first-order valence-corrected chi connectivity index (χ1v) is 10.4. The lowest BCUT2D eigenvalue weighted by Crippen LogP contribution is -2.39. The molecule has 1 aromatic carbocycles. The fraction of sp³-hybridized carbons (Fsp3) is 0.526. The minimum absolute atomic E-state index is 0.109. The second-order valence-corrected chi connectivity index (χ2v) is 10.0. The molecule has 1 aromatic heterocycles. The Labute approximate surface area is 156 Å². The summed E-state index contributed by atoms with van der Waals surface area (Å²) in [5.41, 5.74) is 4.46. The van der Waals surface area contributed by atoms with Gasteiger partial charge in [0.1, 0.15) is 0 Å². The summed E-state index contributed by atoms with van der Waals surface area (Å²) in [5.74, 6) is 0. The zero-order valence-corrected chi connectivity index (χ0v) is 17.0. The van der Waals surface area contributed by atoms with Crippen molar-refractivity contribution in [2.24, 2.45) is 0 Å². The minimum atomic E-state index is -3.47. The molecule has 1 N–H and O–H groups in total. The second kappa shape index (κ2) is 6.79. The quantitative estimate of drug-likeness (QED) is 0.892. The molecule has 0 bridgehead atoms. The molecule has 0 aliphatic heterocycles. The van der Waals surface area contributed by atoms with Gasteiger partial charge in [0.2, 0.25) is 0 Å². The zero-order valence-electron chi connectivity index (χ0n) is 16.2. The first-order chi connectivity index (χ1) is 12.1. The molecule has 1 aliphatic carbocycles. The highest BCUT2D eigenvalue weighted by molar-refractivity contribution is 7.87. The van der Waals surface area contributed by atoms with Crippen LogP contribution in [0, 0.1) is 0 Å². The van der Waals surface area contributed by atoms with Crippen LogP contribution in [-0.2, 0) is 22.0 Å². The maximum absolute atomic E-state index is 12.2. The van der Waals surface area contributed by atoms with Gasteiger partial charge in [-0.1, -0.05) is 32.9 Å². The predicted molar refractivity (Wildman–Crippen MR) is 104 cm³/mol. The normalized spacial score (nSPS) is 18.2. The van der Waals surface area contributed by atoms with E-state index >= 15 is 0 Å². The van der Waals surface area contributed by atoms with Crippen LogP contribution in [0.3, 0.4) is 0 Å². The Bertz CT molecular complexity index is 877. The first kappa shape index (κ1) is 19.1. The van der Waals surface area contributed by atoms with Gasteiger partial charge in [-0.2, -0.15) is 22.5 Å². The summed E-state index contributed by atoms with van der Waals surface area (Å²) in [7, 11) is -0.404. The zero-order chi connectivity index (χ0) is 19.1. The molecule has 0 fully saturated rings. The van der Waals surface area contributed by atoms with Gasteiger partial charge in [-0.05, 0) is 42.4 Å². The molecular formula is C19H28N4O2S. The number of aromatic nitrogens is 2. The molecule has 1 atom stereocenters. The Kier molecular flexibility index (Phi) is 4.98. The summed E-state index contributed by atoms with van der Waals surface area (Å²) in [6.45, 7) is 6.58. The van der Waals surface area contributed by atoms with E-state index in [1.54, 1.807) is 6.20 Å². The molecule has 1 heterocycles. The van der Waals surface area contributed by atoms with Crippen molar-refractivity contribution in [3.05, 3.63) is 47.3 Å². The third-order valence-corrected chi connectivity index (χ3v) is 6.48. The van der Waals surface area contributed by atoms with Crippen molar-refractivity contribution in [3.63, 3.8) is 0 Å². The number of hydrogen-bond donors (Lipinski definition) is 1. The largest absolute Gasteiger partial charge is 0.279 e. The van der Waals surface area contributed by atoms with Gasteiger partial charge in [0, 0.05) is 25.4 Å². The Morgan fingerprint density at radius 1 is 1.19 bits per heavy atom. The second-order valence-electron chi connectivity index (χ2n) is 8.11. The van der Waals surface area contributed by atoms with Crippen LogP contribution in [0.5, 0.6) is 0 Å². The molecule has 0 radical (unpaired) electrons. The van der Waals surface area contributed by atoms with E-state index < -0.39 is 10.2 Å². The summed E-state index contributed by atoms with van der Waals surface area (Å²) in [5, 5.41) is 4.55. The first-order valence-electron chi connectivity index (χ1n) is 8.97. The smallest absolute Gasteiger partial charge is 0.237 e. The lowest BCUT2D eigenvalue weighted by atomic mass is 9.87. The van der Waals surface area contributed by atoms with Crippen LogP contribution in [0.1, 0.15) is 56.5 Å². The van der Waals surface area contributed by atoms with E-state index in [1.807, 2.05) is 4.68 Å². The fourth-order valence-electron chi connectivity index (χ4n) is 3.29. The van der Waals surface area contributed by atoms with Crippen molar-refractivity contribution in [3.8, 4) is 5.69 Å². The van der Waals surface area contributed by atoms with Gasteiger partial charge in [-0.25, -0.2) is 4.68 Å². The molecule has 7 heteroatoms. The minimum Gasteiger partial charge on any atom is -0.237 e. The predicted octanol–water partition coefficient (Wildman–Crippen LogP) is 2.94. The molecule has 3 rings (SSSR count). The molecule has 0 unspecified atom stereocenters. The summed E-state index contributed by atoms with van der Waals surface area (Å²) >= 11 is 0. The topological polar surface area (TPSA) is 67.2 Å². The number of nitrogens with zero attached hydrogens (tertiary/aromatic N) is 3. The van der Waals surface area contributed by atoms with E-state index in [4.69, 9.17) is 0 Å². The van der Waals surface area contributed by atoms with Crippen molar-refractivity contribution in [1.82, 2.24) is 18.8 Å². The molecular weight excluding hydrogens is 348 g/mol. The highest BCUT2D eigenvalue weighted by Gasteiger charge is 2.29. The van der Waals surface area contributed by atoms with Gasteiger partial charge in [-0.3, -0.25) is 0 Å². The summed E-state index contributed by atoms with van der Waals surface area (Å²) in [6.07, 6.45) is 4.42. The Morgan fingerprint density at radius 3 is 2.42 bits per heavy atom. The highest BCUT2D eigenvalue weighted by Crippen LogP contribution is 2.32. The van der Waals surface area contributed by atoms with E-state index in [-0.39, 0.29) is 11.5 Å². The van der Waals surface area contributed by atoms with E-state index in [0.717, 1.165) is 36.2 Å². The molecule has 0 spiro atoms. The van der Waals surface area contributed by atoms with Crippen LogP contribution >= 0.6 is 0 Å². The van der Waals surface area contributed by atoms with E-state index in [9.17, 15) is 8.42 Å². The molecule has 1 aliphatic rings. The summed E-state index contributed by atoms with van der Waals surface area (Å²) in [4.78, 5) is 0. The standard InChI is InChI=1S/C19H28N4O2S/c1-19(2,3)14-9-11-15(12-10-14)23-18-8-6-7-17(16(18)13-20-23)21-26(24,25)22(4)5/h9-13,17,21H,6-8H2,1-5H3/t17-/m1/s1. The van der Waals surface area contributed by atoms with E-state index in [0.29, 0.717) is 0 Å². The van der Waals surface area contributed by atoms with E-state index in [2.05, 4.69) is 54.9 Å². The lowest BCUT2D eigenvalue weighted by Gasteiger charge is -2.25. The Morgan fingerprint density at radius 2 is 1.85 bits per heavy atom. The van der Waals surface area contributed by atoms with Crippen LogP contribution < -0.4 is 4.72 Å². The maximum Gasteiger partial charge on any atom is 0.279 e. The SMILES string of the molecule is CN(C)S(=O)(=O)N[C@@H]1CCCc2c1cnn2-c1ccc(C(C)(C)C)cc1. The average molecular weight is 377 g/mol. The number of benzene rings is 1. The van der Waals surface area contributed by atoms with Crippen LogP contribution in [0.4, 0.5) is 0 Å². The Balaban J connectivity index is 1.92. The molecule has 26 heavy (non-hydrogen) atoms. The van der Waals surface area contributed by atoms with Gasteiger partial charge in [-0.15, -0.1) is 0 Å². The highest BCUT2D eigenvalue weighted by atomic mass is 32.2. The van der Waals surface area contributed by atoms with Crippen LogP contribution in [-0.4, -0.2) is 36.6 Å². The fourth-order valence-corrected chi connectivity index (χ4v) is 4.10. The Hall–Kier alpha value is -1.70. The number of nitrogens with one attached hydrogen (secondary N) is 1. The number of rotatable bonds is 4. The molecule has 0 saturated heterocycles. The lowest BCUT2D eigenvalue weighted by molar-refractivity contribution is 0.464. The molecule has 142 valence electrons. The van der Waals surface area contributed by atoms with Crippen molar-refractivity contribution in [2.75, 3.05) is 14.1 Å². The monoisotopic (exact) mass is 376 g/mol. The maximum atomic E-state index is 12.2. The van der Waals surface area contributed by atoms with Gasteiger partial charge < -0.3 is 0 Å². The van der Waals surface area contributed by atoms with Crippen molar-refractivity contribution in [2.45, 2.75) is 51.5 Å². The van der Waals surface area contributed by atoms with Gasteiger partial charge >= 0.3 is 0 Å². The molecule has 6 nitrogen and oxygen atoms in total. The molecule has 0 amide bonds. The number of hydrogen-bond acceptors (Lipinski definition) is 3. The average Bonchev–Trinajstić information content (AvgIpc) is 2.99. The van der Waals surface area contributed by atoms with Gasteiger partial charge in [0.05, 0.1) is 17.9 Å². The van der Waals surface area contributed by atoms with Crippen molar-refractivity contribution >= 4 is 10.2 Å². The van der Waals surface area contributed by atoms with Gasteiger partial charge in [0.25, 0.3) is 10.2 Å². The third kappa shape index (κ3) is 3.70. The molecule has 2 aromatic rings.